The predicted octanol–water partition coefficient (Wildman–Crippen LogP) is 2.71. The van der Waals surface area contributed by atoms with Gasteiger partial charge in [-0.25, -0.2) is 9.78 Å². The third kappa shape index (κ3) is 4.16. The number of anilines is 1. The van der Waals surface area contributed by atoms with Crippen molar-refractivity contribution in [1.29, 1.82) is 0 Å². The zero-order valence-corrected chi connectivity index (χ0v) is 15.8. The first kappa shape index (κ1) is 18.6. The van der Waals surface area contributed by atoms with E-state index in [1.165, 1.54) is 21.3 Å². The van der Waals surface area contributed by atoms with Crippen molar-refractivity contribution in [3.8, 4) is 23.1 Å². The molecular weight excluding hydrogens is 350 g/mol. The van der Waals surface area contributed by atoms with Crippen molar-refractivity contribution < 1.29 is 23.7 Å². The number of rotatable bonds is 6. The summed E-state index contributed by atoms with van der Waals surface area (Å²) < 4.78 is 21.7. The van der Waals surface area contributed by atoms with E-state index in [0.29, 0.717) is 41.9 Å². The van der Waals surface area contributed by atoms with Crippen LogP contribution in [0, 0.1) is 6.92 Å². The van der Waals surface area contributed by atoms with Crippen molar-refractivity contribution in [1.82, 2.24) is 9.88 Å². The van der Waals surface area contributed by atoms with Gasteiger partial charge in [0.05, 0.1) is 40.1 Å². The second-order valence-electron chi connectivity index (χ2n) is 6.11. The van der Waals surface area contributed by atoms with Gasteiger partial charge in [0, 0.05) is 23.9 Å². The van der Waals surface area contributed by atoms with Gasteiger partial charge in [-0.05, 0) is 13.0 Å². The number of carbonyl (C=O) groups is 1. The molecule has 0 unspecified atom stereocenters. The lowest BCUT2D eigenvalue weighted by molar-refractivity contribution is 0.0460. The van der Waals surface area contributed by atoms with Crippen LogP contribution < -0.4 is 24.3 Å². The number of urea groups is 1. The molecule has 1 aliphatic rings. The van der Waals surface area contributed by atoms with Gasteiger partial charge in [-0.15, -0.1) is 0 Å². The van der Waals surface area contributed by atoms with Crippen LogP contribution in [0.15, 0.2) is 30.3 Å². The molecule has 0 saturated carbocycles. The van der Waals surface area contributed by atoms with Gasteiger partial charge in [-0.3, -0.25) is 0 Å². The second-order valence-corrected chi connectivity index (χ2v) is 6.11. The Balaban J connectivity index is 1.59. The molecule has 1 saturated heterocycles. The molecular formula is C19H23N3O5. The van der Waals surface area contributed by atoms with Crippen LogP contribution in [0.25, 0.3) is 0 Å². The monoisotopic (exact) mass is 373 g/mol. The zero-order valence-electron chi connectivity index (χ0n) is 15.8. The highest BCUT2D eigenvalue weighted by molar-refractivity contribution is 5.90. The predicted molar refractivity (Wildman–Crippen MR) is 100 cm³/mol. The number of hydrogen-bond donors (Lipinski definition) is 1. The Kier molecular flexibility index (Phi) is 5.54. The molecule has 2 amide bonds. The van der Waals surface area contributed by atoms with Crippen LogP contribution in [-0.2, 0) is 0 Å². The number of nitrogens with zero attached hydrogens (tertiary/aromatic N) is 2. The molecule has 1 aromatic carbocycles. The maximum atomic E-state index is 12.4. The number of aromatic nitrogens is 1. The molecule has 144 valence electrons. The molecule has 2 aromatic rings. The van der Waals surface area contributed by atoms with Crippen molar-refractivity contribution in [3.63, 3.8) is 0 Å². The maximum Gasteiger partial charge on any atom is 0.322 e. The van der Waals surface area contributed by atoms with Gasteiger partial charge in [0.25, 0.3) is 0 Å². The number of amides is 2. The summed E-state index contributed by atoms with van der Waals surface area (Å²) in [7, 11) is 4.58. The van der Waals surface area contributed by atoms with Gasteiger partial charge in [-0.1, -0.05) is 6.07 Å². The van der Waals surface area contributed by atoms with Crippen LogP contribution >= 0.6 is 0 Å². The third-order valence-electron chi connectivity index (χ3n) is 4.20. The largest absolute Gasteiger partial charge is 0.493 e. The van der Waals surface area contributed by atoms with Gasteiger partial charge in [0.2, 0.25) is 11.6 Å². The fourth-order valence-electron chi connectivity index (χ4n) is 2.79. The minimum atomic E-state index is -0.221. The minimum Gasteiger partial charge on any atom is -0.493 e. The number of ether oxygens (including phenoxy) is 4. The van der Waals surface area contributed by atoms with E-state index in [-0.39, 0.29) is 12.1 Å². The Bertz CT molecular complexity index is 796. The summed E-state index contributed by atoms with van der Waals surface area (Å²) in [6, 6.07) is 8.76. The number of benzene rings is 1. The van der Waals surface area contributed by atoms with Gasteiger partial charge >= 0.3 is 6.03 Å². The van der Waals surface area contributed by atoms with E-state index in [1.54, 1.807) is 17.0 Å². The highest BCUT2D eigenvalue weighted by atomic mass is 16.5. The number of likely N-dealkylation sites (tertiary alicyclic amines) is 1. The lowest BCUT2D eigenvalue weighted by Gasteiger charge is -2.38. The topological polar surface area (TPSA) is 82.2 Å². The van der Waals surface area contributed by atoms with Crippen molar-refractivity contribution in [3.05, 3.63) is 36.0 Å². The van der Waals surface area contributed by atoms with E-state index in [9.17, 15) is 4.79 Å². The molecule has 2 heterocycles. The first-order valence-electron chi connectivity index (χ1n) is 8.50. The second kappa shape index (κ2) is 8.03. The fourth-order valence-corrected chi connectivity index (χ4v) is 2.79. The van der Waals surface area contributed by atoms with Crippen LogP contribution in [0.4, 0.5) is 10.5 Å². The molecule has 1 fully saturated rings. The average molecular weight is 373 g/mol. The number of pyridine rings is 1. The van der Waals surface area contributed by atoms with Gasteiger partial charge in [-0.2, -0.15) is 0 Å². The van der Waals surface area contributed by atoms with Crippen LogP contribution in [0.1, 0.15) is 5.69 Å². The van der Waals surface area contributed by atoms with Gasteiger partial charge in [0.1, 0.15) is 6.10 Å². The number of hydrogen-bond acceptors (Lipinski definition) is 6. The lowest BCUT2D eigenvalue weighted by Crippen LogP contribution is -2.57. The van der Waals surface area contributed by atoms with E-state index in [1.807, 2.05) is 25.1 Å². The molecule has 27 heavy (non-hydrogen) atoms. The van der Waals surface area contributed by atoms with Crippen LogP contribution in [0.3, 0.4) is 0 Å². The highest BCUT2D eigenvalue weighted by Crippen LogP contribution is 2.40. The standard InChI is InChI=1S/C19H23N3O5/c1-12-6-5-7-17(20-12)27-14-10-22(11-14)19(23)21-13-8-15(24-2)18(26-4)16(9-13)25-3/h5-9,14H,10-11H2,1-4H3,(H,21,23). The van der Waals surface area contributed by atoms with E-state index in [0.717, 1.165) is 5.69 Å². The number of aryl methyl sites for hydroxylation is 1. The third-order valence-corrected chi connectivity index (χ3v) is 4.20. The Morgan fingerprint density at radius 3 is 2.33 bits per heavy atom. The number of nitrogens with one attached hydrogen (secondary N) is 1. The average Bonchev–Trinajstić information content (AvgIpc) is 2.63. The molecule has 3 rings (SSSR count). The summed E-state index contributed by atoms with van der Waals surface area (Å²) >= 11 is 0. The smallest absolute Gasteiger partial charge is 0.322 e. The molecule has 8 nitrogen and oxygen atoms in total. The van der Waals surface area contributed by atoms with Crippen molar-refractivity contribution in [2.75, 3.05) is 39.7 Å². The molecule has 0 atom stereocenters. The Hall–Kier alpha value is -3.16. The normalized spacial score (nSPS) is 13.6. The van der Waals surface area contributed by atoms with Crippen molar-refractivity contribution >= 4 is 11.7 Å². The van der Waals surface area contributed by atoms with Crippen LogP contribution in [0.2, 0.25) is 0 Å². The summed E-state index contributed by atoms with van der Waals surface area (Å²) in [5, 5.41) is 2.84. The summed E-state index contributed by atoms with van der Waals surface area (Å²) in [6.07, 6.45) is -0.0648. The number of carbonyl (C=O) groups excluding carboxylic acids is 1. The van der Waals surface area contributed by atoms with E-state index in [4.69, 9.17) is 18.9 Å². The summed E-state index contributed by atoms with van der Waals surface area (Å²) in [6.45, 7) is 2.89. The van der Waals surface area contributed by atoms with Crippen molar-refractivity contribution in [2.45, 2.75) is 13.0 Å². The first-order valence-corrected chi connectivity index (χ1v) is 8.50. The molecule has 0 spiro atoms. The molecule has 1 N–H and O–H groups in total. The molecule has 0 radical (unpaired) electrons. The van der Waals surface area contributed by atoms with Gasteiger partial charge in [0.15, 0.2) is 11.5 Å². The molecule has 1 aromatic heterocycles. The molecule has 0 aliphatic carbocycles. The fraction of sp³-hybridized carbons (Fsp3) is 0.368. The molecule has 0 bridgehead atoms. The van der Waals surface area contributed by atoms with Crippen LogP contribution in [-0.4, -0.2) is 56.4 Å². The van der Waals surface area contributed by atoms with Crippen molar-refractivity contribution in [2.24, 2.45) is 0 Å². The number of methoxy groups -OCH3 is 3. The maximum absolute atomic E-state index is 12.4. The summed E-state index contributed by atoms with van der Waals surface area (Å²) in [5.41, 5.74) is 1.45. The Morgan fingerprint density at radius 1 is 1.11 bits per heavy atom. The zero-order chi connectivity index (χ0) is 19.4. The van der Waals surface area contributed by atoms with Crippen LogP contribution in [0.5, 0.6) is 23.1 Å². The van der Waals surface area contributed by atoms with E-state index < -0.39 is 0 Å². The van der Waals surface area contributed by atoms with Gasteiger partial charge < -0.3 is 29.2 Å². The van der Waals surface area contributed by atoms with E-state index in [2.05, 4.69) is 10.3 Å². The van der Waals surface area contributed by atoms with E-state index >= 15 is 0 Å². The molecule has 8 heteroatoms. The lowest BCUT2D eigenvalue weighted by atomic mass is 10.2. The quantitative estimate of drug-likeness (QED) is 0.838. The Morgan fingerprint density at radius 2 is 1.78 bits per heavy atom. The highest BCUT2D eigenvalue weighted by Gasteiger charge is 2.33. The molecule has 1 aliphatic heterocycles. The SMILES string of the molecule is COc1cc(NC(=O)N2CC(Oc3cccc(C)n3)C2)cc(OC)c1OC. The summed E-state index contributed by atoms with van der Waals surface area (Å²) in [4.78, 5) is 18.4. The Labute approximate surface area is 158 Å². The minimum absolute atomic E-state index is 0.0648. The summed E-state index contributed by atoms with van der Waals surface area (Å²) in [5.74, 6) is 2.00. The first-order chi connectivity index (χ1) is 13.0.